The molecular weight excluding hydrogens is 378 g/mol. The van der Waals surface area contributed by atoms with Gasteiger partial charge >= 0.3 is 11.9 Å². The third-order valence-electron chi connectivity index (χ3n) is 4.95. The van der Waals surface area contributed by atoms with Crippen LogP contribution in [0.15, 0.2) is 47.0 Å². The number of hydrogen-bond donors (Lipinski definition) is 1. The molecule has 0 aliphatic carbocycles. The van der Waals surface area contributed by atoms with Crippen LogP contribution in [0.4, 0.5) is 0 Å². The summed E-state index contributed by atoms with van der Waals surface area (Å²) in [7, 11) is 1.19. The van der Waals surface area contributed by atoms with Crippen LogP contribution >= 0.6 is 0 Å². The third kappa shape index (κ3) is 2.72. The summed E-state index contributed by atoms with van der Waals surface area (Å²) in [6, 6.07) is 8.39. The number of allylic oxidation sites excluding steroid dienone is 1. The molecule has 0 saturated heterocycles. The lowest BCUT2D eigenvalue weighted by molar-refractivity contribution is -0.146. The molecule has 150 valence electrons. The van der Waals surface area contributed by atoms with E-state index in [1.165, 1.54) is 14.0 Å². The van der Waals surface area contributed by atoms with Gasteiger partial charge in [0.2, 0.25) is 11.8 Å². The number of methoxy groups -OCH3 is 1. The van der Waals surface area contributed by atoms with Crippen LogP contribution in [-0.2, 0) is 29.3 Å². The number of amides is 1. The van der Waals surface area contributed by atoms with Crippen molar-refractivity contribution in [2.75, 3.05) is 20.3 Å². The van der Waals surface area contributed by atoms with E-state index >= 15 is 0 Å². The number of carbonyl (C=O) groups excluding carboxylic acids is 3. The van der Waals surface area contributed by atoms with Crippen LogP contribution in [-0.4, -0.2) is 43.0 Å². The number of benzene rings is 1. The Kier molecular flexibility index (Phi) is 5.03. The van der Waals surface area contributed by atoms with Crippen molar-refractivity contribution in [1.29, 1.82) is 5.26 Å². The Balaban J connectivity index is 2.38. The Morgan fingerprint density at radius 3 is 2.66 bits per heavy atom. The van der Waals surface area contributed by atoms with Gasteiger partial charge in [0.05, 0.1) is 19.3 Å². The number of carbonyl (C=O) groups is 3. The van der Waals surface area contributed by atoms with E-state index in [0.29, 0.717) is 0 Å². The normalized spacial score (nSPS) is 20.3. The first-order valence-corrected chi connectivity index (χ1v) is 8.79. The number of nitriles is 1. The maximum Gasteiger partial charge on any atom is 0.337 e. The zero-order chi connectivity index (χ0) is 21.3. The predicted octanol–water partition coefficient (Wildman–Crippen LogP) is 0.863. The minimum atomic E-state index is -1.88. The quantitative estimate of drug-likeness (QED) is 0.740. The van der Waals surface area contributed by atoms with Gasteiger partial charge in [0, 0.05) is 11.3 Å². The van der Waals surface area contributed by atoms with Gasteiger partial charge in [-0.1, -0.05) is 18.2 Å². The van der Waals surface area contributed by atoms with Gasteiger partial charge in [-0.3, -0.25) is 9.59 Å². The molecule has 0 bridgehead atoms. The molecule has 1 atom stereocenters. The van der Waals surface area contributed by atoms with Gasteiger partial charge in [0.25, 0.3) is 0 Å². The molecule has 29 heavy (non-hydrogen) atoms. The van der Waals surface area contributed by atoms with Crippen molar-refractivity contribution in [2.45, 2.75) is 19.3 Å². The Labute approximate surface area is 166 Å². The van der Waals surface area contributed by atoms with Gasteiger partial charge in [-0.25, -0.2) is 4.79 Å². The van der Waals surface area contributed by atoms with E-state index in [0.717, 1.165) is 4.90 Å². The van der Waals surface area contributed by atoms with E-state index < -0.39 is 29.8 Å². The lowest BCUT2D eigenvalue weighted by atomic mass is 9.68. The number of fused-ring (bicyclic) bond motifs is 2. The number of rotatable bonds is 4. The highest BCUT2D eigenvalue weighted by atomic mass is 16.5. The first-order chi connectivity index (χ1) is 13.8. The molecule has 0 saturated carbocycles. The van der Waals surface area contributed by atoms with E-state index in [1.807, 2.05) is 6.07 Å². The molecule has 3 rings (SSSR count). The van der Waals surface area contributed by atoms with Crippen molar-refractivity contribution in [2.24, 2.45) is 5.73 Å². The Bertz CT molecular complexity index is 1020. The van der Waals surface area contributed by atoms with E-state index in [2.05, 4.69) is 4.74 Å². The van der Waals surface area contributed by atoms with E-state index in [-0.39, 0.29) is 40.6 Å². The fourth-order valence-electron chi connectivity index (χ4n) is 3.73. The van der Waals surface area contributed by atoms with Crippen LogP contribution < -0.4 is 10.5 Å². The van der Waals surface area contributed by atoms with Crippen LogP contribution in [0.2, 0.25) is 0 Å². The third-order valence-corrected chi connectivity index (χ3v) is 4.95. The fourth-order valence-corrected chi connectivity index (χ4v) is 3.73. The molecule has 0 fully saturated rings. The van der Waals surface area contributed by atoms with Crippen LogP contribution in [0.5, 0.6) is 5.75 Å². The minimum Gasteiger partial charge on any atom is -0.468 e. The molecule has 2 aliphatic rings. The highest BCUT2D eigenvalue weighted by Crippen LogP contribution is 2.53. The van der Waals surface area contributed by atoms with Crippen LogP contribution in [0, 0.1) is 11.3 Å². The molecular formula is C20H19N3O6. The molecule has 0 unspecified atom stereocenters. The number of para-hydroxylation sites is 1. The number of nitrogens with two attached hydrogens (primary N) is 1. The largest absolute Gasteiger partial charge is 0.468 e. The second-order valence-electron chi connectivity index (χ2n) is 6.35. The summed E-state index contributed by atoms with van der Waals surface area (Å²) < 4.78 is 15.4. The molecule has 0 radical (unpaired) electrons. The average Bonchev–Trinajstić information content (AvgIpc) is 2.90. The Morgan fingerprint density at radius 2 is 2.03 bits per heavy atom. The minimum absolute atomic E-state index is 0.0517. The molecule has 9 heteroatoms. The van der Waals surface area contributed by atoms with Gasteiger partial charge in [0.1, 0.15) is 23.9 Å². The molecule has 1 spiro atoms. The second kappa shape index (κ2) is 7.31. The Hall–Kier alpha value is -3.80. The predicted molar refractivity (Wildman–Crippen MR) is 98.6 cm³/mol. The maximum atomic E-state index is 13.7. The standard InChI is InChI=1S/C20H19N3O6/c1-4-28-18(25)16-11(2)23(10-15(24)27-3)19(26)20(16)12-7-5-6-8-14(12)29-17(22)13(20)9-21/h5-8H,4,10,22H2,1-3H3/t20-/m1/s1. The number of nitrogens with zero attached hydrogens (tertiary/aromatic N) is 2. The van der Waals surface area contributed by atoms with Gasteiger partial charge in [0.15, 0.2) is 5.41 Å². The molecule has 2 N–H and O–H groups in total. The summed E-state index contributed by atoms with van der Waals surface area (Å²) in [6.07, 6.45) is 0. The maximum absolute atomic E-state index is 13.7. The topological polar surface area (TPSA) is 132 Å². The second-order valence-corrected chi connectivity index (χ2v) is 6.35. The number of esters is 2. The first kappa shape index (κ1) is 19.9. The van der Waals surface area contributed by atoms with Crippen molar-refractivity contribution in [3.8, 4) is 11.8 Å². The van der Waals surface area contributed by atoms with Gasteiger partial charge in [-0.05, 0) is 19.9 Å². The Morgan fingerprint density at radius 1 is 1.34 bits per heavy atom. The van der Waals surface area contributed by atoms with Gasteiger partial charge < -0.3 is 24.8 Å². The van der Waals surface area contributed by atoms with Gasteiger partial charge in [-0.2, -0.15) is 5.26 Å². The van der Waals surface area contributed by atoms with E-state index in [4.69, 9.17) is 15.2 Å². The summed E-state index contributed by atoms with van der Waals surface area (Å²) in [4.78, 5) is 39.7. The highest BCUT2D eigenvalue weighted by molar-refractivity contribution is 6.13. The zero-order valence-electron chi connectivity index (χ0n) is 16.1. The van der Waals surface area contributed by atoms with Gasteiger partial charge in [-0.15, -0.1) is 0 Å². The fraction of sp³-hybridized carbons (Fsp3) is 0.300. The van der Waals surface area contributed by atoms with Crippen LogP contribution in [0.25, 0.3) is 0 Å². The summed E-state index contributed by atoms with van der Waals surface area (Å²) in [5.41, 5.74) is 4.22. The molecule has 2 aliphatic heterocycles. The lowest BCUT2D eigenvalue weighted by Gasteiger charge is -2.35. The molecule has 2 heterocycles. The summed E-state index contributed by atoms with van der Waals surface area (Å²) >= 11 is 0. The molecule has 0 aromatic heterocycles. The van der Waals surface area contributed by atoms with Crippen molar-refractivity contribution in [1.82, 2.24) is 4.90 Å². The molecule has 1 aromatic carbocycles. The van der Waals surface area contributed by atoms with Crippen molar-refractivity contribution in [3.63, 3.8) is 0 Å². The molecule has 1 amide bonds. The summed E-state index contributed by atoms with van der Waals surface area (Å²) in [6.45, 7) is 2.74. The van der Waals surface area contributed by atoms with Crippen molar-refractivity contribution >= 4 is 17.8 Å². The smallest absolute Gasteiger partial charge is 0.337 e. The number of ether oxygens (including phenoxy) is 3. The lowest BCUT2D eigenvalue weighted by Crippen LogP contribution is -2.48. The van der Waals surface area contributed by atoms with Crippen molar-refractivity contribution < 1.29 is 28.6 Å². The summed E-state index contributed by atoms with van der Waals surface area (Å²) in [5.74, 6) is -2.23. The molecule has 9 nitrogen and oxygen atoms in total. The van der Waals surface area contributed by atoms with E-state index in [1.54, 1.807) is 31.2 Å². The first-order valence-electron chi connectivity index (χ1n) is 8.79. The zero-order valence-corrected chi connectivity index (χ0v) is 16.1. The SMILES string of the molecule is CCOC(=O)C1=C(C)N(CC(=O)OC)C(=O)[C@]12C(C#N)=C(N)Oc1ccccc12. The average molecular weight is 397 g/mol. The molecule has 1 aromatic rings. The summed E-state index contributed by atoms with van der Waals surface area (Å²) in [5, 5.41) is 9.86. The highest BCUT2D eigenvalue weighted by Gasteiger charge is 2.62. The van der Waals surface area contributed by atoms with E-state index in [9.17, 15) is 19.6 Å². The van der Waals surface area contributed by atoms with Crippen molar-refractivity contribution in [3.05, 3.63) is 52.6 Å². The number of hydrogen-bond acceptors (Lipinski definition) is 8. The van der Waals surface area contributed by atoms with Crippen LogP contribution in [0.3, 0.4) is 0 Å². The monoisotopic (exact) mass is 397 g/mol. The van der Waals surface area contributed by atoms with Crippen LogP contribution in [0.1, 0.15) is 19.4 Å².